The van der Waals surface area contributed by atoms with Gasteiger partial charge in [0.05, 0.1) is 0 Å². The minimum Gasteiger partial charge on any atom is -0.276 e. The van der Waals surface area contributed by atoms with Crippen molar-refractivity contribution in [3.8, 4) is 0 Å². The molecule has 0 heterocycles. The van der Waals surface area contributed by atoms with Gasteiger partial charge in [-0.15, -0.1) is 0 Å². The van der Waals surface area contributed by atoms with Gasteiger partial charge >= 0.3 is 0 Å². The molecule has 0 bridgehead atoms. The maximum absolute atomic E-state index is 10.4. The first-order chi connectivity index (χ1) is 6.20. The molecular weight excluding hydrogens is 184 g/mol. The van der Waals surface area contributed by atoms with Crippen LogP contribution in [0.2, 0.25) is 0 Å². The van der Waals surface area contributed by atoms with E-state index in [1.807, 2.05) is 6.08 Å². The Hall–Kier alpha value is -0.300. The molecule has 1 atom stereocenters. The van der Waals surface area contributed by atoms with Gasteiger partial charge < -0.3 is 0 Å². The van der Waals surface area contributed by atoms with Gasteiger partial charge in [-0.05, 0) is 30.0 Å². The molecule has 2 heteroatoms. The van der Waals surface area contributed by atoms with Crippen LogP contribution in [0.5, 0.6) is 0 Å². The molecule has 0 aromatic rings. The number of rotatable bonds is 7. The van der Waals surface area contributed by atoms with Crippen LogP contribution >= 0.6 is 11.6 Å². The van der Waals surface area contributed by atoms with Crippen molar-refractivity contribution < 1.29 is 4.79 Å². The average Bonchev–Trinajstić information content (AvgIpc) is 2.10. The Balaban J connectivity index is 3.64. The SMILES string of the molecule is CCCCC(CC)CC=CC(=O)Cl. The van der Waals surface area contributed by atoms with Crippen LogP contribution in [0.15, 0.2) is 12.2 Å². The van der Waals surface area contributed by atoms with Crippen molar-refractivity contribution in [3.63, 3.8) is 0 Å². The van der Waals surface area contributed by atoms with Gasteiger partial charge in [-0.1, -0.05) is 45.6 Å². The summed E-state index contributed by atoms with van der Waals surface area (Å²) in [6.45, 7) is 4.39. The minimum absolute atomic E-state index is 0.370. The van der Waals surface area contributed by atoms with Gasteiger partial charge in [0.25, 0.3) is 0 Å². The molecule has 76 valence electrons. The molecule has 1 unspecified atom stereocenters. The number of hydrogen-bond acceptors (Lipinski definition) is 1. The monoisotopic (exact) mass is 202 g/mol. The molecule has 0 rings (SSSR count). The molecule has 13 heavy (non-hydrogen) atoms. The minimum atomic E-state index is -0.370. The number of carbonyl (C=O) groups is 1. The van der Waals surface area contributed by atoms with Crippen LogP contribution in [0, 0.1) is 5.92 Å². The van der Waals surface area contributed by atoms with Gasteiger partial charge in [-0.25, -0.2) is 0 Å². The third-order valence-electron chi connectivity index (χ3n) is 2.26. The van der Waals surface area contributed by atoms with E-state index in [0.29, 0.717) is 5.92 Å². The van der Waals surface area contributed by atoms with Gasteiger partial charge in [-0.3, -0.25) is 4.79 Å². The van der Waals surface area contributed by atoms with Crippen molar-refractivity contribution in [3.05, 3.63) is 12.2 Å². The van der Waals surface area contributed by atoms with Crippen molar-refractivity contribution in [1.29, 1.82) is 0 Å². The van der Waals surface area contributed by atoms with E-state index >= 15 is 0 Å². The first-order valence-corrected chi connectivity index (χ1v) is 5.44. The summed E-state index contributed by atoms with van der Waals surface area (Å²) < 4.78 is 0. The van der Waals surface area contributed by atoms with Crippen molar-refractivity contribution in [2.24, 2.45) is 5.92 Å². The summed E-state index contributed by atoms with van der Waals surface area (Å²) in [7, 11) is 0. The molecule has 0 saturated carbocycles. The largest absolute Gasteiger partial charge is 0.276 e. The Morgan fingerprint density at radius 3 is 2.62 bits per heavy atom. The highest BCUT2D eigenvalue weighted by molar-refractivity contribution is 6.66. The fourth-order valence-electron chi connectivity index (χ4n) is 1.33. The van der Waals surface area contributed by atoms with Gasteiger partial charge in [-0.2, -0.15) is 0 Å². The summed E-state index contributed by atoms with van der Waals surface area (Å²) in [5.41, 5.74) is 0. The van der Waals surface area contributed by atoms with E-state index in [4.69, 9.17) is 11.6 Å². The zero-order chi connectivity index (χ0) is 10.1. The quantitative estimate of drug-likeness (QED) is 0.452. The summed E-state index contributed by atoms with van der Waals surface area (Å²) in [5, 5.41) is -0.370. The lowest BCUT2D eigenvalue weighted by atomic mass is 9.96. The molecule has 0 saturated heterocycles. The maximum Gasteiger partial charge on any atom is 0.244 e. The van der Waals surface area contributed by atoms with Gasteiger partial charge in [0, 0.05) is 0 Å². The summed E-state index contributed by atoms with van der Waals surface area (Å²) in [6.07, 6.45) is 9.29. The molecule has 0 aliphatic heterocycles. The maximum atomic E-state index is 10.4. The van der Waals surface area contributed by atoms with Crippen LogP contribution in [-0.4, -0.2) is 5.24 Å². The highest BCUT2D eigenvalue weighted by Gasteiger charge is 2.02. The Bertz CT molecular complexity index is 163. The second kappa shape index (κ2) is 8.31. The van der Waals surface area contributed by atoms with Crippen molar-refractivity contribution >= 4 is 16.8 Å². The van der Waals surface area contributed by atoms with Crippen molar-refractivity contribution in [2.45, 2.75) is 46.0 Å². The average molecular weight is 203 g/mol. The summed E-state index contributed by atoms with van der Waals surface area (Å²) in [4.78, 5) is 10.4. The van der Waals surface area contributed by atoms with Crippen LogP contribution in [-0.2, 0) is 4.79 Å². The fourth-order valence-corrected chi connectivity index (χ4v) is 1.42. The molecule has 0 aromatic heterocycles. The Morgan fingerprint density at radius 1 is 1.46 bits per heavy atom. The second-order valence-corrected chi connectivity index (χ2v) is 3.73. The van der Waals surface area contributed by atoms with E-state index < -0.39 is 0 Å². The number of hydrogen-bond donors (Lipinski definition) is 0. The van der Waals surface area contributed by atoms with Crippen molar-refractivity contribution in [2.75, 3.05) is 0 Å². The van der Waals surface area contributed by atoms with Crippen LogP contribution in [0.4, 0.5) is 0 Å². The van der Waals surface area contributed by atoms with Crippen LogP contribution < -0.4 is 0 Å². The molecular formula is C11H19ClO. The van der Waals surface area contributed by atoms with Crippen LogP contribution in [0.25, 0.3) is 0 Å². The molecule has 0 amide bonds. The number of unbranched alkanes of at least 4 members (excludes halogenated alkanes) is 1. The predicted molar refractivity (Wildman–Crippen MR) is 57.9 cm³/mol. The lowest BCUT2D eigenvalue weighted by molar-refractivity contribution is -0.107. The molecule has 0 radical (unpaired) electrons. The third kappa shape index (κ3) is 8.04. The van der Waals surface area contributed by atoms with Crippen LogP contribution in [0.3, 0.4) is 0 Å². The first-order valence-electron chi connectivity index (χ1n) is 5.06. The van der Waals surface area contributed by atoms with Gasteiger partial charge in [0.15, 0.2) is 0 Å². The zero-order valence-corrected chi connectivity index (χ0v) is 9.31. The van der Waals surface area contributed by atoms with E-state index in [1.54, 1.807) is 0 Å². The lowest BCUT2D eigenvalue weighted by Gasteiger charge is -2.10. The lowest BCUT2D eigenvalue weighted by Crippen LogP contribution is -1.96. The summed E-state index contributed by atoms with van der Waals surface area (Å²) in [5.74, 6) is 0.715. The number of allylic oxidation sites excluding steroid dienone is 2. The van der Waals surface area contributed by atoms with Gasteiger partial charge in [0.1, 0.15) is 0 Å². The van der Waals surface area contributed by atoms with E-state index in [9.17, 15) is 4.79 Å². The Kier molecular flexibility index (Phi) is 8.11. The molecule has 0 aromatic carbocycles. The standard InChI is InChI=1S/C11H19ClO/c1-3-5-7-10(4-2)8-6-9-11(12)13/h6,9-10H,3-5,7-8H2,1-2H3. The predicted octanol–water partition coefficient (Wildman–Crippen LogP) is 3.91. The highest BCUT2D eigenvalue weighted by Crippen LogP contribution is 2.16. The molecule has 0 spiro atoms. The zero-order valence-electron chi connectivity index (χ0n) is 8.55. The number of carbonyl (C=O) groups excluding carboxylic acids is 1. The van der Waals surface area contributed by atoms with Crippen LogP contribution in [0.1, 0.15) is 46.0 Å². The molecule has 1 nitrogen and oxygen atoms in total. The summed E-state index contributed by atoms with van der Waals surface area (Å²) in [6, 6.07) is 0. The number of halogens is 1. The van der Waals surface area contributed by atoms with E-state index in [0.717, 1.165) is 6.42 Å². The third-order valence-corrected chi connectivity index (χ3v) is 2.39. The van der Waals surface area contributed by atoms with Gasteiger partial charge in [0.2, 0.25) is 5.24 Å². The molecule has 0 aliphatic rings. The fraction of sp³-hybridized carbons (Fsp3) is 0.727. The Labute approximate surface area is 86.2 Å². The summed E-state index contributed by atoms with van der Waals surface area (Å²) >= 11 is 5.18. The topological polar surface area (TPSA) is 17.1 Å². The molecule has 0 aliphatic carbocycles. The first kappa shape index (κ1) is 12.7. The molecule has 0 N–H and O–H groups in total. The molecule has 0 fully saturated rings. The smallest absolute Gasteiger partial charge is 0.244 e. The van der Waals surface area contributed by atoms with E-state index in [2.05, 4.69) is 13.8 Å². The van der Waals surface area contributed by atoms with E-state index in [1.165, 1.54) is 31.8 Å². The normalized spacial score (nSPS) is 13.5. The van der Waals surface area contributed by atoms with E-state index in [-0.39, 0.29) is 5.24 Å². The highest BCUT2D eigenvalue weighted by atomic mass is 35.5. The van der Waals surface area contributed by atoms with Crippen molar-refractivity contribution in [1.82, 2.24) is 0 Å². The Morgan fingerprint density at radius 2 is 2.15 bits per heavy atom. The second-order valence-electron chi connectivity index (χ2n) is 3.36.